The standard InChI is InChI=1S/C25H27NO7/c1-15(2)31-11-5-10-26-22(16-6-4-7-18(12-16)30-3)21(24(28)25(26)29)23(27)17-8-9-19-20(13-17)33-14-32-19/h4,6-9,12-13,15,22,27H,5,10-11,14H2,1-3H3/b23-21-. The molecule has 0 aromatic heterocycles. The molecule has 1 saturated heterocycles. The second-order valence-corrected chi connectivity index (χ2v) is 8.11. The zero-order chi connectivity index (χ0) is 23.5. The van der Waals surface area contributed by atoms with Gasteiger partial charge in [0, 0.05) is 18.7 Å². The highest BCUT2D eigenvalue weighted by Crippen LogP contribution is 2.42. The lowest BCUT2D eigenvalue weighted by atomic mass is 9.95. The van der Waals surface area contributed by atoms with Crippen LogP contribution in [-0.4, -0.2) is 54.9 Å². The molecule has 33 heavy (non-hydrogen) atoms. The van der Waals surface area contributed by atoms with Crippen molar-refractivity contribution in [2.45, 2.75) is 32.4 Å². The summed E-state index contributed by atoms with van der Waals surface area (Å²) in [5.74, 6) is -0.0410. The monoisotopic (exact) mass is 453 g/mol. The van der Waals surface area contributed by atoms with Gasteiger partial charge < -0.3 is 29.0 Å². The molecule has 0 bridgehead atoms. The molecule has 1 amide bonds. The number of hydrogen-bond acceptors (Lipinski definition) is 7. The molecule has 2 aliphatic rings. The first-order chi connectivity index (χ1) is 15.9. The Labute approximate surface area is 192 Å². The van der Waals surface area contributed by atoms with Gasteiger partial charge in [0.1, 0.15) is 11.5 Å². The predicted molar refractivity (Wildman–Crippen MR) is 120 cm³/mol. The second-order valence-electron chi connectivity index (χ2n) is 8.11. The van der Waals surface area contributed by atoms with Crippen LogP contribution in [0.25, 0.3) is 5.76 Å². The molecule has 0 radical (unpaired) electrons. The minimum atomic E-state index is -0.760. The summed E-state index contributed by atoms with van der Waals surface area (Å²) in [6, 6.07) is 11.3. The number of fused-ring (bicyclic) bond motifs is 1. The number of aliphatic hydroxyl groups is 1. The van der Waals surface area contributed by atoms with Gasteiger partial charge in [0.05, 0.1) is 24.8 Å². The molecule has 8 nitrogen and oxygen atoms in total. The number of carbonyl (C=O) groups is 2. The van der Waals surface area contributed by atoms with E-state index >= 15 is 0 Å². The Morgan fingerprint density at radius 1 is 1.15 bits per heavy atom. The highest BCUT2D eigenvalue weighted by atomic mass is 16.7. The average Bonchev–Trinajstić information content (AvgIpc) is 3.38. The van der Waals surface area contributed by atoms with Gasteiger partial charge in [-0.2, -0.15) is 0 Å². The number of methoxy groups -OCH3 is 1. The SMILES string of the molecule is COc1cccc(C2/C(=C(/O)c3ccc4c(c3)OCO4)C(=O)C(=O)N2CCCOC(C)C)c1. The van der Waals surface area contributed by atoms with Gasteiger partial charge in [-0.3, -0.25) is 9.59 Å². The quantitative estimate of drug-likeness (QED) is 0.282. The maximum absolute atomic E-state index is 13.1. The second kappa shape index (κ2) is 9.54. The van der Waals surface area contributed by atoms with Crippen LogP contribution in [0.1, 0.15) is 37.4 Å². The molecule has 2 heterocycles. The van der Waals surface area contributed by atoms with Crippen LogP contribution in [0.4, 0.5) is 0 Å². The first-order valence-electron chi connectivity index (χ1n) is 10.8. The first kappa shape index (κ1) is 22.7. The summed E-state index contributed by atoms with van der Waals surface area (Å²) in [6.45, 7) is 4.72. The topological polar surface area (TPSA) is 94.5 Å². The number of Topliss-reactive ketones (excluding diaryl/α,β-unsaturated/α-hetero) is 1. The molecule has 1 unspecified atom stereocenters. The van der Waals surface area contributed by atoms with Gasteiger partial charge in [0.2, 0.25) is 6.79 Å². The molecule has 1 atom stereocenters. The van der Waals surface area contributed by atoms with Crippen molar-refractivity contribution in [2.24, 2.45) is 0 Å². The summed E-state index contributed by atoms with van der Waals surface area (Å²) in [5.41, 5.74) is 1.06. The van der Waals surface area contributed by atoms with Crippen molar-refractivity contribution >= 4 is 17.4 Å². The molecule has 0 aliphatic carbocycles. The highest BCUT2D eigenvalue weighted by Gasteiger charge is 2.46. The maximum Gasteiger partial charge on any atom is 0.295 e. The first-order valence-corrected chi connectivity index (χ1v) is 10.8. The maximum atomic E-state index is 13.1. The van der Waals surface area contributed by atoms with Gasteiger partial charge in [-0.15, -0.1) is 0 Å². The fourth-order valence-electron chi connectivity index (χ4n) is 4.02. The lowest BCUT2D eigenvalue weighted by Crippen LogP contribution is -2.31. The fraction of sp³-hybridized carbons (Fsp3) is 0.360. The average molecular weight is 453 g/mol. The van der Waals surface area contributed by atoms with E-state index in [-0.39, 0.29) is 24.2 Å². The van der Waals surface area contributed by atoms with E-state index in [4.69, 9.17) is 18.9 Å². The van der Waals surface area contributed by atoms with E-state index in [2.05, 4.69) is 0 Å². The predicted octanol–water partition coefficient (Wildman–Crippen LogP) is 3.66. The number of ether oxygens (including phenoxy) is 4. The van der Waals surface area contributed by atoms with Crippen molar-refractivity contribution in [3.63, 3.8) is 0 Å². The van der Waals surface area contributed by atoms with Crippen molar-refractivity contribution in [3.05, 3.63) is 59.2 Å². The van der Waals surface area contributed by atoms with Crippen molar-refractivity contribution in [1.82, 2.24) is 4.90 Å². The largest absolute Gasteiger partial charge is 0.507 e. The molecule has 2 aromatic carbocycles. The van der Waals surface area contributed by atoms with E-state index in [0.29, 0.717) is 47.9 Å². The van der Waals surface area contributed by atoms with Crippen LogP contribution in [0.15, 0.2) is 48.0 Å². The van der Waals surface area contributed by atoms with Gasteiger partial charge in [0.25, 0.3) is 11.7 Å². The van der Waals surface area contributed by atoms with Crippen molar-refractivity contribution < 1.29 is 33.6 Å². The van der Waals surface area contributed by atoms with Gasteiger partial charge in [-0.1, -0.05) is 12.1 Å². The van der Waals surface area contributed by atoms with E-state index < -0.39 is 17.7 Å². The number of ketones is 1. The van der Waals surface area contributed by atoms with Crippen LogP contribution in [0, 0.1) is 0 Å². The van der Waals surface area contributed by atoms with Crippen LogP contribution in [-0.2, 0) is 14.3 Å². The third-order valence-electron chi connectivity index (χ3n) is 5.59. The zero-order valence-corrected chi connectivity index (χ0v) is 18.9. The lowest BCUT2D eigenvalue weighted by Gasteiger charge is -2.25. The smallest absolute Gasteiger partial charge is 0.295 e. The Kier molecular flexibility index (Phi) is 6.55. The molecule has 1 N–H and O–H groups in total. The minimum Gasteiger partial charge on any atom is -0.507 e. The summed E-state index contributed by atoms with van der Waals surface area (Å²) >= 11 is 0. The minimum absolute atomic E-state index is 0.0249. The Balaban J connectivity index is 1.75. The summed E-state index contributed by atoms with van der Waals surface area (Å²) < 4.78 is 21.7. The molecule has 4 rings (SSSR count). The number of carbonyl (C=O) groups excluding carboxylic acids is 2. The number of likely N-dealkylation sites (tertiary alicyclic amines) is 1. The molecular weight excluding hydrogens is 426 g/mol. The molecule has 2 aliphatic heterocycles. The van der Waals surface area contributed by atoms with Crippen molar-refractivity contribution in [2.75, 3.05) is 27.1 Å². The van der Waals surface area contributed by atoms with Gasteiger partial charge in [-0.05, 0) is 56.2 Å². The Bertz CT molecular complexity index is 1090. The van der Waals surface area contributed by atoms with Crippen molar-refractivity contribution in [3.8, 4) is 17.2 Å². The number of hydrogen-bond donors (Lipinski definition) is 1. The summed E-state index contributed by atoms with van der Waals surface area (Å²) in [4.78, 5) is 27.6. The molecule has 174 valence electrons. The summed E-state index contributed by atoms with van der Waals surface area (Å²) in [7, 11) is 1.55. The molecule has 8 heteroatoms. The van der Waals surface area contributed by atoms with Gasteiger partial charge >= 0.3 is 0 Å². The fourth-order valence-corrected chi connectivity index (χ4v) is 4.02. The highest BCUT2D eigenvalue weighted by molar-refractivity contribution is 6.46. The van der Waals surface area contributed by atoms with Gasteiger partial charge in [0.15, 0.2) is 11.5 Å². The molecular formula is C25H27NO7. The van der Waals surface area contributed by atoms with Crippen LogP contribution >= 0.6 is 0 Å². The third kappa shape index (κ3) is 4.52. The molecule has 0 spiro atoms. The number of rotatable bonds is 8. The van der Waals surface area contributed by atoms with Crippen LogP contribution in [0.3, 0.4) is 0 Å². The Hall–Kier alpha value is -3.52. The molecule has 2 aromatic rings. The number of benzene rings is 2. The molecule has 0 saturated carbocycles. The van der Waals surface area contributed by atoms with Crippen molar-refractivity contribution in [1.29, 1.82) is 0 Å². The molecule has 1 fully saturated rings. The number of aliphatic hydroxyl groups excluding tert-OH is 1. The van der Waals surface area contributed by atoms with Crippen LogP contribution < -0.4 is 14.2 Å². The Morgan fingerprint density at radius 2 is 1.94 bits per heavy atom. The van der Waals surface area contributed by atoms with E-state index in [1.54, 1.807) is 43.5 Å². The number of nitrogens with zero attached hydrogens (tertiary/aromatic N) is 1. The number of amides is 1. The summed E-state index contributed by atoms with van der Waals surface area (Å²) in [5, 5.41) is 11.2. The summed E-state index contributed by atoms with van der Waals surface area (Å²) in [6.07, 6.45) is 0.621. The van der Waals surface area contributed by atoms with E-state index in [1.165, 1.54) is 4.90 Å². The lowest BCUT2D eigenvalue weighted by molar-refractivity contribution is -0.140. The Morgan fingerprint density at radius 3 is 2.70 bits per heavy atom. The van der Waals surface area contributed by atoms with Crippen LogP contribution in [0.5, 0.6) is 17.2 Å². The van der Waals surface area contributed by atoms with Crippen LogP contribution in [0.2, 0.25) is 0 Å². The van der Waals surface area contributed by atoms with E-state index in [1.807, 2.05) is 19.9 Å². The normalized spacial score (nSPS) is 18.9. The van der Waals surface area contributed by atoms with Gasteiger partial charge in [-0.25, -0.2) is 0 Å². The zero-order valence-electron chi connectivity index (χ0n) is 18.9. The van der Waals surface area contributed by atoms with E-state index in [0.717, 1.165) is 0 Å². The third-order valence-corrected chi connectivity index (χ3v) is 5.59. The van der Waals surface area contributed by atoms with E-state index in [9.17, 15) is 14.7 Å².